The molecule has 0 aliphatic heterocycles. The molecule has 4 N–H and O–H groups in total. The SMILES string of the molecule is CC(C)NC(=S)NNC(=O)CCNC(=O)OC(C)(C)C. The van der Waals surface area contributed by atoms with Crippen LogP contribution in [0, 0.1) is 0 Å². The van der Waals surface area contributed by atoms with E-state index in [0.717, 1.165) is 0 Å². The highest BCUT2D eigenvalue weighted by atomic mass is 32.1. The molecule has 8 heteroatoms. The molecule has 0 radical (unpaired) electrons. The first-order valence-electron chi connectivity index (χ1n) is 6.42. The minimum absolute atomic E-state index is 0.122. The Hall–Kier alpha value is -1.57. The minimum Gasteiger partial charge on any atom is -0.444 e. The van der Waals surface area contributed by atoms with Gasteiger partial charge < -0.3 is 15.4 Å². The fourth-order valence-electron chi connectivity index (χ4n) is 1.08. The van der Waals surface area contributed by atoms with E-state index in [9.17, 15) is 9.59 Å². The molecule has 0 aromatic heterocycles. The lowest BCUT2D eigenvalue weighted by Gasteiger charge is -2.19. The molecule has 0 saturated carbocycles. The number of hydrogen-bond donors (Lipinski definition) is 4. The fourth-order valence-corrected chi connectivity index (χ4v) is 1.37. The van der Waals surface area contributed by atoms with E-state index in [1.807, 2.05) is 13.8 Å². The fraction of sp³-hybridized carbons (Fsp3) is 0.750. The summed E-state index contributed by atoms with van der Waals surface area (Å²) >= 11 is 4.94. The van der Waals surface area contributed by atoms with Gasteiger partial charge in [0, 0.05) is 19.0 Å². The molecule has 0 aromatic carbocycles. The van der Waals surface area contributed by atoms with E-state index >= 15 is 0 Å². The van der Waals surface area contributed by atoms with Gasteiger partial charge in [-0.2, -0.15) is 0 Å². The minimum atomic E-state index is -0.553. The molecule has 0 aromatic rings. The summed E-state index contributed by atoms with van der Waals surface area (Å²) in [5.74, 6) is -0.283. The Morgan fingerprint density at radius 3 is 2.30 bits per heavy atom. The molecule has 0 heterocycles. The summed E-state index contributed by atoms with van der Waals surface area (Å²) in [6.07, 6.45) is -0.424. The number of thiocarbonyl (C=S) groups is 1. The third-order valence-electron chi connectivity index (χ3n) is 1.76. The molecule has 0 spiro atoms. The first-order valence-corrected chi connectivity index (χ1v) is 6.83. The molecule has 2 amide bonds. The van der Waals surface area contributed by atoms with E-state index in [1.54, 1.807) is 20.8 Å². The quantitative estimate of drug-likeness (QED) is 0.454. The second-order valence-corrected chi connectivity index (χ2v) is 5.89. The van der Waals surface area contributed by atoms with E-state index in [-0.39, 0.29) is 24.9 Å². The number of alkyl carbamates (subject to hydrolysis) is 1. The predicted molar refractivity (Wildman–Crippen MR) is 81.0 cm³/mol. The van der Waals surface area contributed by atoms with E-state index in [0.29, 0.717) is 5.11 Å². The van der Waals surface area contributed by atoms with Gasteiger partial charge in [0.05, 0.1) is 0 Å². The Balaban J connectivity index is 3.74. The smallest absolute Gasteiger partial charge is 0.407 e. The Morgan fingerprint density at radius 2 is 1.80 bits per heavy atom. The molecule has 0 saturated heterocycles. The van der Waals surface area contributed by atoms with Crippen LogP contribution in [0.15, 0.2) is 0 Å². The Kier molecular flexibility index (Phi) is 7.90. The normalized spacial score (nSPS) is 10.7. The summed E-state index contributed by atoms with van der Waals surface area (Å²) in [6.45, 7) is 9.36. The van der Waals surface area contributed by atoms with E-state index in [1.165, 1.54) is 0 Å². The van der Waals surface area contributed by atoms with E-state index < -0.39 is 11.7 Å². The number of amides is 2. The molecule has 0 bridgehead atoms. The van der Waals surface area contributed by atoms with Crippen molar-refractivity contribution in [3.05, 3.63) is 0 Å². The third-order valence-corrected chi connectivity index (χ3v) is 1.98. The zero-order chi connectivity index (χ0) is 15.8. The van der Waals surface area contributed by atoms with Gasteiger partial charge in [0.1, 0.15) is 5.60 Å². The van der Waals surface area contributed by atoms with Crippen molar-refractivity contribution in [1.82, 2.24) is 21.5 Å². The number of carbonyl (C=O) groups excluding carboxylic acids is 2. The van der Waals surface area contributed by atoms with E-state index in [4.69, 9.17) is 17.0 Å². The Morgan fingerprint density at radius 1 is 1.20 bits per heavy atom. The number of ether oxygens (including phenoxy) is 1. The number of rotatable bonds is 4. The van der Waals surface area contributed by atoms with Crippen LogP contribution in [0.4, 0.5) is 4.79 Å². The number of hydrazine groups is 1. The molecule has 7 nitrogen and oxygen atoms in total. The molecular formula is C12H24N4O3S. The van der Waals surface area contributed by atoms with Gasteiger partial charge in [-0.15, -0.1) is 0 Å². The van der Waals surface area contributed by atoms with Crippen LogP contribution >= 0.6 is 12.2 Å². The van der Waals surface area contributed by atoms with Crippen LogP contribution in [0.3, 0.4) is 0 Å². The van der Waals surface area contributed by atoms with Crippen LogP contribution < -0.4 is 21.5 Å². The van der Waals surface area contributed by atoms with Crippen LogP contribution in [-0.4, -0.2) is 35.3 Å². The predicted octanol–water partition coefficient (Wildman–Crippen LogP) is 0.805. The molecule has 0 aliphatic carbocycles. The van der Waals surface area contributed by atoms with Crippen molar-refractivity contribution in [2.24, 2.45) is 0 Å². The first-order chi connectivity index (χ1) is 9.10. The van der Waals surface area contributed by atoms with Gasteiger partial charge in [-0.1, -0.05) is 0 Å². The average Bonchev–Trinajstić information content (AvgIpc) is 2.22. The first kappa shape index (κ1) is 18.4. The maximum absolute atomic E-state index is 11.4. The summed E-state index contributed by atoms with van der Waals surface area (Å²) in [5, 5.41) is 5.75. The van der Waals surface area contributed by atoms with Gasteiger partial charge in [-0.05, 0) is 46.8 Å². The van der Waals surface area contributed by atoms with Gasteiger partial charge in [0.25, 0.3) is 0 Å². The van der Waals surface area contributed by atoms with Crippen molar-refractivity contribution in [3.63, 3.8) is 0 Å². The molecule has 116 valence electrons. The molecule has 20 heavy (non-hydrogen) atoms. The second-order valence-electron chi connectivity index (χ2n) is 5.48. The average molecular weight is 304 g/mol. The van der Waals surface area contributed by atoms with Crippen molar-refractivity contribution < 1.29 is 14.3 Å². The summed E-state index contributed by atoms with van der Waals surface area (Å²) in [4.78, 5) is 22.8. The zero-order valence-electron chi connectivity index (χ0n) is 12.6. The zero-order valence-corrected chi connectivity index (χ0v) is 13.4. The Labute approximate surface area is 125 Å². The van der Waals surface area contributed by atoms with Crippen LogP contribution in [-0.2, 0) is 9.53 Å². The van der Waals surface area contributed by atoms with Crippen molar-refractivity contribution in [2.45, 2.75) is 52.7 Å². The topological polar surface area (TPSA) is 91.5 Å². The molecule has 0 rings (SSSR count). The highest BCUT2D eigenvalue weighted by molar-refractivity contribution is 7.80. The molecular weight excluding hydrogens is 280 g/mol. The summed E-state index contributed by atoms with van der Waals surface area (Å²) in [5.41, 5.74) is 4.44. The standard InChI is InChI=1S/C12H24N4O3S/c1-8(2)14-10(20)16-15-9(17)6-7-13-11(18)19-12(3,4)5/h8H,6-7H2,1-5H3,(H,13,18)(H,15,17)(H2,14,16,20). The van der Waals surface area contributed by atoms with Crippen molar-refractivity contribution in [3.8, 4) is 0 Å². The van der Waals surface area contributed by atoms with Crippen LogP contribution in [0.2, 0.25) is 0 Å². The Bertz CT molecular complexity index is 353. The molecule has 0 unspecified atom stereocenters. The monoisotopic (exact) mass is 304 g/mol. The molecule has 0 fully saturated rings. The maximum Gasteiger partial charge on any atom is 0.407 e. The van der Waals surface area contributed by atoms with Gasteiger partial charge in [0.2, 0.25) is 5.91 Å². The number of hydrogen-bond acceptors (Lipinski definition) is 4. The highest BCUT2D eigenvalue weighted by Gasteiger charge is 2.15. The summed E-state index contributed by atoms with van der Waals surface area (Å²) in [7, 11) is 0. The lowest BCUT2D eigenvalue weighted by Crippen LogP contribution is -2.49. The summed E-state index contributed by atoms with van der Waals surface area (Å²) in [6, 6.07) is 0.181. The van der Waals surface area contributed by atoms with Crippen molar-refractivity contribution in [1.29, 1.82) is 0 Å². The van der Waals surface area contributed by atoms with Crippen molar-refractivity contribution >= 4 is 29.3 Å². The third kappa shape index (κ3) is 11.5. The van der Waals surface area contributed by atoms with Crippen LogP contribution in [0.5, 0.6) is 0 Å². The van der Waals surface area contributed by atoms with Gasteiger partial charge in [-0.25, -0.2) is 4.79 Å². The van der Waals surface area contributed by atoms with Crippen molar-refractivity contribution in [2.75, 3.05) is 6.54 Å². The van der Waals surface area contributed by atoms with E-state index in [2.05, 4.69) is 21.5 Å². The van der Waals surface area contributed by atoms with Gasteiger partial charge in [0.15, 0.2) is 5.11 Å². The lowest BCUT2D eigenvalue weighted by atomic mass is 10.2. The lowest BCUT2D eigenvalue weighted by molar-refractivity contribution is -0.121. The van der Waals surface area contributed by atoms with Gasteiger partial charge >= 0.3 is 6.09 Å². The second kappa shape index (κ2) is 8.57. The van der Waals surface area contributed by atoms with Gasteiger partial charge in [-0.3, -0.25) is 15.6 Å². The number of nitrogens with one attached hydrogen (secondary N) is 4. The summed E-state index contributed by atoms with van der Waals surface area (Å²) < 4.78 is 5.03. The molecule has 0 atom stereocenters. The van der Waals surface area contributed by atoms with Crippen LogP contribution in [0.25, 0.3) is 0 Å². The maximum atomic E-state index is 11.4. The highest BCUT2D eigenvalue weighted by Crippen LogP contribution is 2.06. The number of carbonyl (C=O) groups is 2. The molecule has 0 aliphatic rings. The largest absolute Gasteiger partial charge is 0.444 e. The van der Waals surface area contributed by atoms with Crippen LogP contribution in [0.1, 0.15) is 41.0 Å².